The third-order valence-electron chi connectivity index (χ3n) is 6.59. The summed E-state index contributed by atoms with van der Waals surface area (Å²) in [4.78, 5) is 28.4. The van der Waals surface area contributed by atoms with Crippen LogP contribution in [0.25, 0.3) is 5.57 Å². The number of imide groups is 1. The molecule has 180 valence electrons. The fourth-order valence-corrected chi connectivity index (χ4v) is 4.19. The van der Waals surface area contributed by atoms with Crippen molar-refractivity contribution in [3.63, 3.8) is 0 Å². The van der Waals surface area contributed by atoms with Crippen LogP contribution in [0.3, 0.4) is 0 Å². The number of rotatable bonds is 8. The van der Waals surface area contributed by atoms with Gasteiger partial charge in [0.1, 0.15) is 11.4 Å². The van der Waals surface area contributed by atoms with Crippen LogP contribution in [-0.4, -0.2) is 30.4 Å². The summed E-state index contributed by atoms with van der Waals surface area (Å²) < 4.78 is 5.22. The highest BCUT2D eigenvalue weighted by Crippen LogP contribution is 2.32. The molecule has 0 aliphatic carbocycles. The molecule has 0 saturated carbocycles. The van der Waals surface area contributed by atoms with Crippen molar-refractivity contribution in [1.29, 1.82) is 0 Å². The fourth-order valence-electron chi connectivity index (χ4n) is 4.19. The Morgan fingerprint density at radius 3 is 2.14 bits per heavy atom. The van der Waals surface area contributed by atoms with Gasteiger partial charge in [0.25, 0.3) is 11.8 Å². The number of nitrogens with one attached hydrogen (secondary N) is 1. The second-order valence-corrected chi connectivity index (χ2v) is 9.31. The second kappa shape index (κ2) is 10.2. The van der Waals surface area contributed by atoms with Crippen LogP contribution in [0.5, 0.6) is 5.75 Å². The summed E-state index contributed by atoms with van der Waals surface area (Å²) >= 11 is 0. The maximum absolute atomic E-state index is 13.6. The molecule has 1 aliphatic heterocycles. The van der Waals surface area contributed by atoms with Gasteiger partial charge in [-0.05, 0) is 78.3 Å². The van der Waals surface area contributed by atoms with E-state index in [0.29, 0.717) is 30.2 Å². The van der Waals surface area contributed by atoms with E-state index in [1.54, 1.807) is 7.11 Å². The van der Waals surface area contributed by atoms with E-state index in [2.05, 4.69) is 19.2 Å². The van der Waals surface area contributed by atoms with Gasteiger partial charge >= 0.3 is 0 Å². The van der Waals surface area contributed by atoms with E-state index in [1.165, 1.54) is 10.5 Å². The van der Waals surface area contributed by atoms with Crippen molar-refractivity contribution in [3.8, 4) is 5.75 Å². The second-order valence-electron chi connectivity index (χ2n) is 9.31. The number of hydrogen-bond acceptors (Lipinski definition) is 4. The van der Waals surface area contributed by atoms with Gasteiger partial charge in [0.15, 0.2) is 0 Å². The summed E-state index contributed by atoms with van der Waals surface area (Å²) in [5.74, 6) is 0.617. The molecule has 3 aromatic rings. The van der Waals surface area contributed by atoms with Gasteiger partial charge in [-0.2, -0.15) is 0 Å². The minimum absolute atomic E-state index is 0.270. The highest BCUT2D eigenvalue weighted by atomic mass is 16.5. The molecule has 35 heavy (non-hydrogen) atoms. The van der Waals surface area contributed by atoms with E-state index < -0.39 is 0 Å². The topological polar surface area (TPSA) is 58.6 Å². The highest BCUT2D eigenvalue weighted by Gasteiger charge is 2.39. The minimum Gasteiger partial charge on any atom is -0.497 e. The molecule has 4 rings (SSSR count). The Kier molecular flexibility index (Phi) is 7.06. The van der Waals surface area contributed by atoms with Crippen LogP contribution >= 0.6 is 0 Å². The third-order valence-corrected chi connectivity index (χ3v) is 6.59. The lowest BCUT2D eigenvalue weighted by molar-refractivity contribution is -0.136. The monoisotopic (exact) mass is 468 g/mol. The van der Waals surface area contributed by atoms with Crippen molar-refractivity contribution in [2.45, 2.75) is 40.0 Å². The van der Waals surface area contributed by atoms with Crippen LogP contribution in [0.15, 0.2) is 72.4 Å². The minimum atomic E-state index is -0.301. The summed E-state index contributed by atoms with van der Waals surface area (Å²) in [6.45, 7) is 8.63. The van der Waals surface area contributed by atoms with E-state index in [1.807, 2.05) is 80.6 Å². The molecule has 1 heterocycles. The Hall–Kier alpha value is -3.86. The zero-order chi connectivity index (χ0) is 25.1. The highest BCUT2D eigenvalue weighted by molar-refractivity contribution is 6.36. The van der Waals surface area contributed by atoms with Gasteiger partial charge in [-0.1, -0.05) is 56.3 Å². The molecule has 0 unspecified atom stereocenters. The maximum atomic E-state index is 13.6. The van der Waals surface area contributed by atoms with Crippen molar-refractivity contribution in [2.24, 2.45) is 0 Å². The molecule has 0 bridgehead atoms. The summed E-state index contributed by atoms with van der Waals surface area (Å²) in [5.41, 5.74) is 6.74. The SMILES string of the molecule is COc1ccc(CCN2C(=O)C(Nc3ccc(C(C)C)cc3)=C(c3ccc(C)c(C)c3)C2=O)cc1. The quantitative estimate of drug-likeness (QED) is 0.420. The number of carbonyl (C=O) groups excluding carboxylic acids is 2. The van der Waals surface area contributed by atoms with E-state index >= 15 is 0 Å². The summed E-state index contributed by atoms with van der Waals surface area (Å²) in [6.07, 6.45) is 0.568. The van der Waals surface area contributed by atoms with Gasteiger partial charge in [-0.25, -0.2) is 0 Å². The first-order chi connectivity index (χ1) is 16.8. The van der Waals surface area contributed by atoms with Gasteiger partial charge in [0, 0.05) is 12.2 Å². The number of amides is 2. The largest absolute Gasteiger partial charge is 0.497 e. The molecule has 0 fully saturated rings. The van der Waals surface area contributed by atoms with Gasteiger partial charge in [-0.15, -0.1) is 0 Å². The van der Waals surface area contributed by atoms with Gasteiger partial charge in [0.05, 0.1) is 12.7 Å². The van der Waals surface area contributed by atoms with Crippen molar-refractivity contribution in [2.75, 3.05) is 19.0 Å². The predicted molar refractivity (Wildman–Crippen MR) is 140 cm³/mol. The number of hydrogen-bond donors (Lipinski definition) is 1. The predicted octanol–water partition coefficient (Wildman–Crippen LogP) is 5.87. The molecule has 2 amide bonds. The zero-order valence-corrected chi connectivity index (χ0v) is 21.0. The van der Waals surface area contributed by atoms with Crippen LogP contribution < -0.4 is 10.1 Å². The van der Waals surface area contributed by atoms with E-state index in [-0.39, 0.29) is 11.8 Å². The molecule has 5 heteroatoms. The molecular formula is C30H32N2O3. The van der Waals surface area contributed by atoms with Crippen LogP contribution in [0.4, 0.5) is 5.69 Å². The Labute approximate surface area is 207 Å². The Morgan fingerprint density at radius 1 is 0.857 bits per heavy atom. The molecule has 0 atom stereocenters. The maximum Gasteiger partial charge on any atom is 0.278 e. The van der Waals surface area contributed by atoms with Crippen LogP contribution in [-0.2, 0) is 16.0 Å². The molecule has 0 spiro atoms. The first-order valence-corrected chi connectivity index (χ1v) is 12.0. The smallest absolute Gasteiger partial charge is 0.278 e. The van der Waals surface area contributed by atoms with Crippen molar-refractivity contribution < 1.29 is 14.3 Å². The number of anilines is 1. The fraction of sp³-hybridized carbons (Fsp3) is 0.267. The molecule has 3 aromatic carbocycles. The number of methoxy groups -OCH3 is 1. The van der Waals surface area contributed by atoms with Crippen LogP contribution in [0.1, 0.15) is 47.6 Å². The number of benzene rings is 3. The lowest BCUT2D eigenvalue weighted by Gasteiger charge is -2.16. The molecule has 1 N–H and O–H groups in total. The Bertz CT molecular complexity index is 1270. The van der Waals surface area contributed by atoms with E-state index in [4.69, 9.17) is 4.74 Å². The zero-order valence-electron chi connectivity index (χ0n) is 21.0. The van der Waals surface area contributed by atoms with Crippen LogP contribution in [0.2, 0.25) is 0 Å². The van der Waals surface area contributed by atoms with E-state index in [9.17, 15) is 9.59 Å². The van der Waals surface area contributed by atoms with Gasteiger partial charge in [-0.3, -0.25) is 14.5 Å². The first-order valence-electron chi connectivity index (χ1n) is 12.0. The molecular weight excluding hydrogens is 436 g/mol. The summed E-state index contributed by atoms with van der Waals surface area (Å²) in [6, 6.07) is 21.6. The normalized spacial score (nSPS) is 13.7. The van der Waals surface area contributed by atoms with Crippen molar-refractivity contribution in [3.05, 3.63) is 100 Å². The first kappa shape index (κ1) is 24.3. The molecule has 5 nitrogen and oxygen atoms in total. The number of nitrogens with zero attached hydrogens (tertiary/aromatic N) is 1. The summed E-state index contributed by atoms with van der Waals surface area (Å²) in [5, 5.41) is 3.26. The molecule has 0 saturated heterocycles. The van der Waals surface area contributed by atoms with Gasteiger partial charge < -0.3 is 10.1 Å². The summed E-state index contributed by atoms with van der Waals surface area (Å²) in [7, 11) is 1.63. The molecule has 0 radical (unpaired) electrons. The number of aryl methyl sites for hydroxylation is 2. The van der Waals surface area contributed by atoms with Crippen molar-refractivity contribution >= 4 is 23.1 Å². The number of carbonyl (C=O) groups is 2. The molecule has 1 aliphatic rings. The van der Waals surface area contributed by atoms with Gasteiger partial charge in [0.2, 0.25) is 0 Å². The van der Waals surface area contributed by atoms with Crippen molar-refractivity contribution in [1.82, 2.24) is 4.90 Å². The average molecular weight is 469 g/mol. The van der Waals surface area contributed by atoms with E-state index in [0.717, 1.165) is 33.7 Å². The number of ether oxygens (including phenoxy) is 1. The Balaban J connectivity index is 1.64. The Morgan fingerprint density at radius 2 is 1.54 bits per heavy atom. The average Bonchev–Trinajstić information content (AvgIpc) is 3.09. The van der Waals surface area contributed by atoms with Crippen LogP contribution in [0, 0.1) is 13.8 Å². The lowest BCUT2D eigenvalue weighted by Crippen LogP contribution is -2.34. The lowest BCUT2D eigenvalue weighted by atomic mass is 9.99. The molecule has 0 aromatic heterocycles. The third kappa shape index (κ3) is 5.14. The standard InChI is InChI=1S/C30H32N2O3/c1-19(2)23-10-12-25(13-11-23)31-28-27(24-9-6-20(3)21(4)18-24)29(33)32(30(28)34)17-16-22-7-14-26(35-5)15-8-22/h6-15,18-19,31H,16-17H2,1-5H3.